The highest BCUT2D eigenvalue weighted by molar-refractivity contribution is 5.93. The van der Waals surface area contributed by atoms with E-state index in [2.05, 4.69) is 15.8 Å². The molecule has 0 saturated heterocycles. The maximum absolute atomic E-state index is 12.1. The lowest BCUT2D eigenvalue weighted by Gasteiger charge is -2.07. The van der Waals surface area contributed by atoms with Crippen molar-refractivity contribution in [2.75, 3.05) is 11.9 Å². The van der Waals surface area contributed by atoms with Crippen molar-refractivity contribution in [1.82, 2.24) is 5.43 Å². The smallest absolute Gasteiger partial charge is 0.318 e. The Morgan fingerprint density at radius 1 is 0.921 bits per heavy atom. The average molecular weight is 521 g/mol. The number of hydrogen-bond acceptors (Lipinski definition) is 9. The Morgan fingerprint density at radius 2 is 1.66 bits per heavy atom. The number of hydrogen-bond donors (Lipinski definition) is 2. The van der Waals surface area contributed by atoms with Crippen molar-refractivity contribution in [2.45, 2.75) is 19.8 Å². The van der Waals surface area contributed by atoms with Crippen LogP contribution in [0.5, 0.6) is 17.2 Å². The molecule has 0 aliphatic carbocycles. The quantitative estimate of drug-likeness (QED) is 0.198. The maximum Gasteiger partial charge on any atom is 0.318 e. The highest BCUT2D eigenvalue weighted by atomic mass is 16.6. The van der Waals surface area contributed by atoms with Gasteiger partial charge in [-0.05, 0) is 55.0 Å². The molecule has 0 radical (unpaired) electrons. The summed E-state index contributed by atoms with van der Waals surface area (Å²) in [6, 6.07) is 16.2. The first-order chi connectivity index (χ1) is 18.2. The summed E-state index contributed by atoms with van der Waals surface area (Å²) in [7, 11) is 0. The molecule has 0 fully saturated rings. The SMILES string of the molecule is CCOc1ccc(NC(=O)CCC(=O)NN=Cc2cccc(Oc3ccc([N+](=O)[O-])cc3[N+](=O)[O-])c2)cc1. The number of carbonyl (C=O) groups excluding carboxylic acids is 2. The van der Waals surface area contributed by atoms with Crippen LogP contribution < -0.4 is 20.2 Å². The normalized spacial score (nSPS) is 10.6. The summed E-state index contributed by atoms with van der Waals surface area (Å²) in [5.74, 6) is -0.0855. The Kier molecular flexibility index (Phi) is 9.40. The molecule has 0 atom stereocenters. The molecule has 0 spiro atoms. The van der Waals surface area contributed by atoms with Crippen molar-refractivity contribution in [3.63, 3.8) is 0 Å². The second kappa shape index (κ2) is 13.1. The molecule has 3 rings (SSSR count). The van der Waals surface area contributed by atoms with Gasteiger partial charge in [-0.1, -0.05) is 12.1 Å². The minimum atomic E-state index is -0.776. The molecule has 38 heavy (non-hydrogen) atoms. The Labute approximate surface area is 216 Å². The number of amides is 2. The van der Waals surface area contributed by atoms with Gasteiger partial charge >= 0.3 is 5.69 Å². The fourth-order valence-electron chi connectivity index (χ4n) is 3.12. The van der Waals surface area contributed by atoms with Crippen molar-refractivity contribution in [1.29, 1.82) is 0 Å². The van der Waals surface area contributed by atoms with Crippen LogP contribution in [0.1, 0.15) is 25.3 Å². The monoisotopic (exact) mass is 521 g/mol. The molecule has 0 unspecified atom stereocenters. The van der Waals surface area contributed by atoms with E-state index in [0.29, 0.717) is 23.6 Å². The molecule has 3 aromatic rings. The maximum atomic E-state index is 12.1. The molecule has 0 aromatic heterocycles. The predicted molar refractivity (Wildman–Crippen MR) is 137 cm³/mol. The van der Waals surface area contributed by atoms with Gasteiger partial charge in [0.25, 0.3) is 5.69 Å². The first-order valence-electron chi connectivity index (χ1n) is 11.3. The van der Waals surface area contributed by atoms with Gasteiger partial charge in [-0.25, -0.2) is 5.43 Å². The second-order valence-corrected chi connectivity index (χ2v) is 7.64. The van der Waals surface area contributed by atoms with Crippen LogP contribution in [-0.2, 0) is 9.59 Å². The van der Waals surface area contributed by atoms with E-state index in [1.165, 1.54) is 18.3 Å². The van der Waals surface area contributed by atoms with Gasteiger partial charge in [0.05, 0.1) is 28.7 Å². The molecule has 0 aliphatic rings. The molecular weight excluding hydrogens is 498 g/mol. The van der Waals surface area contributed by atoms with Crippen LogP contribution >= 0.6 is 0 Å². The summed E-state index contributed by atoms with van der Waals surface area (Å²) >= 11 is 0. The van der Waals surface area contributed by atoms with Crippen LogP contribution in [0, 0.1) is 20.2 Å². The standard InChI is InChI=1S/C25H23N5O8/c1-2-37-20-9-6-18(7-10-20)27-24(31)12-13-25(32)28-26-16-17-4-3-5-21(14-17)38-23-11-8-19(29(33)34)15-22(23)30(35)36/h3-11,14-16H,2,12-13H2,1H3,(H,27,31)(H,28,32). The number of rotatable bonds is 12. The molecule has 0 aliphatic heterocycles. The van der Waals surface area contributed by atoms with E-state index in [1.807, 2.05) is 6.92 Å². The highest BCUT2D eigenvalue weighted by Crippen LogP contribution is 2.34. The topological polar surface area (TPSA) is 175 Å². The fraction of sp³-hybridized carbons (Fsp3) is 0.160. The van der Waals surface area contributed by atoms with E-state index in [-0.39, 0.29) is 30.2 Å². The van der Waals surface area contributed by atoms with Gasteiger partial charge in [-0.2, -0.15) is 5.10 Å². The number of carbonyl (C=O) groups is 2. The van der Waals surface area contributed by atoms with Gasteiger partial charge in [-0.3, -0.25) is 29.8 Å². The lowest BCUT2D eigenvalue weighted by atomic mass is 10.2. The molecule has 3 aromatic carbocycles. The predicted octanol–water partition coefficient (Wildman–Crippen LogP) is 4.56. The van der Waals surface area contributed by atoms with Crippen LogP contribution in [0.3, 0.4) is 0 Å². The van der Waals surface area contributed by atoms with Crippen LogP contribution in [-0.4, -0.2) is 34.5 Å². The zero-order chi connectivity index (χ0) is 27.5. The summed E-state index contributed by atoms with van der Waals surface area (Å²) in [5.41, 5.74) is 2.41. The third-order valence-electron chi connectivity index (χ3n) is 4.87. The Bertz CT molecular complexity index is 1360. The third-order valence-corrected chi connectivity index (χ3v) is 4.87. The molecule has 2 amide bonds. The van der Waals surface area contributed by atoms with Gasteiger partial charge in [0.1, 0.15) is 11.5 Å². The highest BCUT2D eigenvalue weighted by Gasteiger charge is 2.21. The van der Waals surface area contributed by atoms with Crippen molar-refractivity contribution < 1.29 is 28.9 Å². The number of hydrazone groups is 1. The first-order valence-corrected chi connectivity index (χ1v) is 11.3. The minimum Gasteiger partial charge on any atom is -0.494 e. The number of ether oxygens (including phenoxy) is 2. The Balaban J connectivity index is 1.51. The van der Waals surface area contributed by atoms with E-state index in [0.717, 1.165) is 18.2 Å². The van der Waals surface area contributed by atoms with E-state index >= 15 is 0 Å². The summed E-state index contributed by atoms with van der Waals surface area (Å²) in [6.45, 7) is 2.41. The van der Waals surface area contributed by atoms with E-state index in [1.54, 1.807) is 36.4 Å². The number of nitrogens with one attached hydrogen (secondary N) is 2. The van der Waals surface area contributed by atoms with E-state index in [9.17, 15) is 29.8 Å². The number of nitrogens with zero attached hydrogens (tertiary/aromatic N) is 3. The molecule has 0 saturated carbocycles. The summed E-state index contributed by atoms with van der Waals surface area (Å²) in [6.07, 6.45) is 1.19. The van der Waals surface area contributed by atoms with E-state index in [4.69, 9.17) is 9.47 Å². The zero-order valence-electron chi connectivity index (χ0n) is 20.2. The van der Waals surface area contributed by atoms with Crippen molar-refractivity contribution in [3.8, 4) is 17.2 Å². The minimum absolute atomic E-state index is 0.0497. The number of nitro groups is 2. The summed E-state index contributed by atoms with van der Waals surface area (Å²) in [5, 5.41) is 28.7. The van der Waals surface area contributed by atoms with Crippen molar-refractivity contribution in [2.24, 2.45) is 5.10 Å². The zero-order valence-corrected chi connectivity index (χ0v) is 20.2. The second-order valence-electron chi connectivity index (χ2n) is 7.64. The van der Waals surface area contributed by atoms with Gasteiger partial charge in [0.15, 0.2) is 0 Å². The molecule has 196 valence electrons. The summed E-state index contributed by atoms with van der Waals surface area (Å²) < 4.78 is 10.9. The number of non-ortho nitro benzene ring substituents is 1. The van der Waals surface area contributed by atoms with Crippen LogP contribution in [0.15, 0.2) is 71.8 Å². The Morgan fingerprint density at radius 3 is 2.34 bits per heavy atom. The van der Waals surface area contributed by atoms with Crippen LogP contribution in [0.25, 0.3) is 0 Å². The summed E-state index contributed by atoms with van der Waals surface area (Å²) in [4.78, 5) is 44.8. The molecule has 0 bridgehead atoms. The number of nitro benzene ring substituents is 2. The average Bonchev–Trinajstić information content (AvgIpc) is 2.89. The lowest BCUT2D eigenvalue weighted by molar-refractivity contribution is -0.394. The van der Waals surface area contributed by atoms with Gasteiger partial charge < -0.3 is 14.8 Å². The molecule has 2 N–H and O–H groups in total. The molecule has 13 heteroatoms. The van der Waals surface area contributed by atoms with Crippen molar-refractivity contribution >= 4 is 35.1 Å². The van der Waals surface area contributed by atoms with Gasteiger partial charge in [-0.15, -0.1) is 0 Å². The van der Waals surface area contributed by atoms with Gasteiger partial charge in [0, 0.05) is 24.6 Å². The fourth-order valence-corrected chi connectivity index (χ4v) is 3.12. The first kappa shape index (κ1) is 27.3. The van der Waals surface area contributed by atoms with Crippen LogP contribution in [0.2, 0.25) is 0 Å². The Hall–Kier alpha value is -5.33. The largest absolute Gasteiger partial charge is 0.494 e. The third kappa shape index (κ3) is 8.12. The van der Waals surface area contributed by atoms with Gasteiger partial charge in [0.2, 0.25) is 17.6 Å². The van der Waals surface area contributed by atoms with E-state index < -0.39 is 27.1 Å². The number of anilines is 1. The molecule has 13 nitrogen and oxygen atoms in total. The van der Waals surface area contributed by atoms with Crippen molar-refractivity contribution in [3.05, 3.63) is 92.5 Å². The molecular formula is C25H23N5O8. The van der Waals surface area contributed by atoms with Crippen LogP contribution in [0.4, 0.5) is 17.1 Å². The lowest BCUT2D eigenvalue weighted by Crippen LogP contribution is -2.20. The molecule has 0 heterocycles. The number of benzene rings is 3.